The molecule has 0 bridgehead atoms. The molecular formula is C34H53N5O6S2. The number of β-amino-alcohol motifs (C(OH)–C–C–N with tert-alkyl or cyclic N) is 1. The van der Waals surface area contributed by atoms with Crippen LogP contribution in [-0.2, 0) is 32.5 Å². The van der Waals surface area contributed by atoms with Gasteiger partial charge in [-0.25, -0.2) is 13.4 Å². The van der Waals surface area contributed by atoms with Crippen LogP contribution in [0.1, 0.15) is 78.0 Å². The maximum atomic E-state index is 14.1. The third-order valence-corrected chi connectivity index (χ3v) is 12.7. The Bertz CT molecular complexity index is 1460. The highest BCUT2D eigenvalue weighted by molar-refractivity contribution is 7.92. The minimum absolute atomic E-state index is 0.0535. The Morgan fingerprint density at radius 1 is 1.09 bits per heavy atom. The molecule has 2 aliphatic rings. The quantitative estimate of drug-likeness (QED) is 0.213. The molecule has 2 amide bonds. The lowest BCUT2D eigenvalue weighted by atomic mass is 9.72. The number of carbonyl (C=O) groups is 2. The number of sulfone groups is 1. The van der Waals surface area contributed by atoms with Gasteiger partial charge in [0, 0.05) is 30.3 Å². The summed E-state index contributed by atoms with van der Waals surface area (Å²) in [7, 11) is -3.76. The van der Waals surface area contributed by atoms with Gasteiger partial charge in [0.1, 0.15) is 6.04 Å². The minimum Gasteiger partial charge on any atom is -0.390 e. The Hall–Kier alpha value is -2.58. The van der Waals surface area contributed by atoms with Gasteiger partial charge in [-0.3, -0.25) is 14.5 Å². The Balaban J connectivity index is 1.62. The summed E-state index contributed by atoms with van der Waals surface area (Å²) in [5, 5.41) is 32.5. The summed E-state index contributed by atoms with van der Waals surface area (Å²) in [6, 6.07) is 7.05. The molecule has 2 aromatic rings. The fraction of sp³-hybridized carbons (Fsp3) is 0.676. The molecule has 0 spiro atoms. The number of hydrogen-bond donors (Lipinski definition) is 5. The summed E-state index contributed by atoms with van der Waals surface area (Å²) < 4.78 is 24.4. The van der Waals surface area contributed by atoms with Crippen LogP contribution in [0.15, 0.2) is 35.7 Å². The number of nitrogens with one attached hydrogen (secondary N) is 3. The average Bonchev–Trinajstić information content (AvgIpc) is 3.46. The van der Waals surface area contributed by atoms with Crippen molar-refractivity contribution in [3.63, 3.8) is 0 Å². The van der Waals surface area contributed by atoms with Crippen molar-refractivity contribution in [3.8, 4) is 0 Å². The lowest BCUT2D eigenvalue weighted by Crippen LogP contribution is -2.62. The van der Waals surface area contributed by atoms with Crippen LogP contribution in [0.4, 0.5) is 5.13 Å². The summed E-state index contributed by atoms with van der Waals surface area (Å²) in [5.74, 6) is 0.259. The van der Waals surface area contributed by atoms with Gasteiger partial charge in [0.05, 0.1) is 35.2 Å². The van der Waals surface area contributed by atoms with Crippen molar-refractivity contribution in [2.45, 2.75) is 114 Å². The van der Waals surface area contributed by atoms with Crippen molar-refractivity contribution in [1.82, 2.24) is 20.5 Å². The number of likely N-dealkylation sites (tertiary alicyclic amines) is 1. The highest BCUT2D eigenvalue weighted by Crippen LogP contribution is 2.39. The van der Waals surface area contributed by atoms with Crippen molar-refractivity contribution >= 4 is 38.1 Å². The van der Waals surface area contributed by atoms with E-state index in [-0.39, 0.29) is 19.1 Å². The first-order chi connectivity index (χ1) is 22.0. The number of aliphatic hydroxyl groups is 2. The lowest BCUT2D eigenvalue weighted by Gasteiger charge is -2.47. The third-order valence-electron chi connectivity index (χ3n) is 9.71. The van der Waals surface area contributed by atoms with E-state index in [0.717, 1.165) is 48.8 Å². The first kappa shape index (κ1) is 37.2. The molecule has 2 fully saturated rings. The van der Waals surface area contributed by atoms with Crippen LogP contribution in [0.3, 0.4) is 0 Å². The van der Waals surface area contributed by atoms with Gasteiger partial charge in [0.15, 0.2) is 15.0 Å². The van der Waals surface area contributed by atoms with Gasteiger partial charge in [0.25, 0.3) is 0 Å². The highest BCUT2D eigenvalue weighted by Gasteiger charge is 2.46. The number of fused-ring (bicyclic) bond motifs is 1. The topological polar surface area (TPSA) is 161 Å². The van der Waals surface area contributed by atoms with Crippen molar-refractivity contribution < 1.29 is 28.2 Å². The van der Waals surface area contributed by atoms with Crippen molar-refractivity contribution in [1.29, 1.82) is 0 Å². The average molecular weight is 692 g/mol. The van der Waals surface area contributed by atoms with E-state index >= 15 is 0 Å². The van der Waals surface area contributed by atoms with E-state index in [9.17, 15) is 28.2 Å². The Morgan fingerprint density at radius 3 is 2.34 bits per heavy atom. The second kappa shape index (κ2) is 15.3. The van der Waals surface area contributed by atoms with E-state index in [4.69, 9.17) is 0 Å². The maximum Gasteiger partial charge on any atom is 0.244 e. The van der Waals surface area contributed by atoms with Crippen LogP contribution < -0.4 is 16.0 Å². The molecule has 1 aliphatic carbocycles. The summed E-state index contributed by atoms with van der Waals surface area (Å²) in [4.78, 5) is 34.1. The van der Waals surface area contributed by atoms with Crippen LogP contribution in [0.25, 0.3) is 0 Å². The van der Waals surface area contributed by atoms with E-state index in [1.54, 1.807) is 5.38 Å². The fourth-order valence-electron chi connectivity index (χ4n) is 6.75. The first-order valence-corrected chi connectivity index (χ1v) is 19.4. The number of anilines is 1. The number of nitrogens with zero attached hydrogens (tertiary/aromatic N) is 2. The van der Waals surface area contributed by atoms with E-state index in [1.807, 2.05) is 51.1 Å². The van der Waals surface area contributed by atoms with Crippen LogP contribution in [-0.4, -0.2) is 94.2 Å². The highest BCUT2D eigenvalue weighted by atomic mass is 32.2. The largest absolute Gasteiger partial charge is 0.390 e. The van der Waals surface area contributed by atoms with Gasteiger partial charge < -0.3 is 26.2 Å². The lowest BCUT2D eigenvalue weighted by molar-refractivity contribution is -0.133. The molecule has 4 rings (SSSR count). The van der Waals surface area contributed by atoms with Crippen LogP contribution in [0.2, 0.25) is 0 Å². The molecule has 2 heterocycles. The second-order valence-corrected chi connectivity index (χ2v) is 18.3. The number of piperidine rings is 1. The van der Waals surface area contributed by atoms with Gasteiger partial charge >= 0.3 is 0 Å². The SMILES string of the molecule is CC(C)(C)NC(=O)[C@@H]1CC2CCCCC2CN1C[C@@H](O)[C@H](Cc1ccccc1)NC(=O)[C@@H](Nc1nc(CO)cs1)C(C)(C)S(C)(=O)=O. The van der Waals surface area contributed by atoms with Crippen molar-refractivity contribution in [3.05, 3.63) is 47.0 Å². The molecule has 1 aliphatic heterocycles. The number of aliphatic hydroxyl groups excluding tert-OH is 2. The standard InChI is InChI=1S/C34H53N5O6S2/c1-33(2,3)38-30(42)27-17-23-14-10-11-15-24(23)18-39(27)19-28(41)26(16-22-12-8-7-9-13-22)36-31(43)29(34(4,5)47(6,44)45)37-32-35-25(20-40)21-46-32/h7-9,12-13,21,23-24,26-29,40-41H,10-11,14-20H2,1-6H3,(H,35,37)(H,36,43)(H,38,42)/t23?,24?,26-,27-,28+,29+/m0/s1. The summed E-state index contributed by atoms with van der Waals surface area (Å²) in [6.45, 7) is 9.41. The van der Waals surface area contributed by atoms with Gasteiger partial charge in [-0.1, -0.05) is 49.6 Å². The number of amides is 2. The molecule has 47 heavy (non-hydrogen) atoms. The van der Waals surface area contributed by atoms with Crippen LogP contribution in [0.5, 0.6) is 0 Å². The van der Waals surface area contributed by atoms with E-state index in [0.29, 0.717) is 35.6 Å². The fourth-order valence-corrected chi connectivity index (χ4v) is 8.08. The number of hydrogen-bond acceptors (Lipinski definition) is 10. The minimum atomic E-state index is -3.76. The summed E-state index contributed by atoms with van der Waals surface area (Å²) in [5.41, 5.74) is 0.889. The Kier molecular flexibility index (Phi) is 12.1. The predicted molar refractivity (Wildman–Crippen MR) is 186 cm³/mol. The van der Waals surface area contributed by atoms with Gasteiger partial charge in [-0.2, -0.15) is 0 Å². The smallest absolute Gasteiger partial charge is 0.244 e. The molecule has 0 radical (unpaired) electrons. The number of rotatable bonds is 13. The normalized spacial score (nSPS) is 22.9. The molecule has 1 saturated carbocycles. The maximum absolute atomic E-state index is 14.1. The zero-order chi connectivity index (χ0) is 34.6. The number of aromatic nitrogens is 1. The zero-order valence-electron chi connectivity index (χ0n) is 28.5. The molecule has 5 N–H and O–H groups in total. The molecular weight excluding hydrogens is 639 g/mol. The molecule has 2 unspecified atom stereocenters. The van der Waals surface area contributed by atoms with Crippen molar-refractivity contribution in [2.24, 2.45) is 11.8 Å². The molecule has 13 heteroatoms. The van der Waals surface area contributed by atoms with Crippen LogP contribution in [0, 0.1) is 11.8 Å². The first-order valence-electron chi connectivity index (χ1n) is 16.6. The zero-order valence-corrected chi connectivity index (χ0v) is 30.2. The van der Waals surface area contributed by atoms with Crippen LogP contribution >= 0.6 is 11.3 Å². The van der Waals surface area contributed by atoms with Gasteiger partial charge in [0.2, 0.25) is 11.8 Å². The molecule has 1 aromatic heterocycles. The third kappa shape index (κ3) is 9.75. The number of benzene rings is 1. The Labute approximate surface area is 283 Å². The molecule has 1 saturated heterocycles. The summed E-state index contributed by atoms with van der Waals surface area (Å²) >= 11 is 1.16. The summed E-state index contributed by atoms with van der Waals surface area (Å²) in [6.07, 6.45) is 5.58. The van der Waals surface area contributed by atoms with E-state index in [2.05, 4.69) is 25.8 Å². The Morgan fingerprint density at radius 2 is 1.74 bits per heavy atom. The van der Waals surface area contributed by atoms with E-state index in [1.165, 1.54) is 20.3 Å². The predicted octanol–water partition coefficient (Wildman–Crippen LogP) is 3.12. The number of thiazole rings is 1. The van der Waals surface area contributed by atoms with Crippen molar-refractivity contribution in [2.75, 3.05) is 24.7 Å². The van der Waals surface area contributed by atoms with Gasteiger partial charge in [-0.05, 0) is 71.3 Å². The molecule has 1 aromatic carbocycles. The second-order valence-electron chi connectivity index (χ2n) is 14.9. The van der Waals surface area contributed by atoms with Gasteiger partial charge in [-0.15, -0.1) is 11.3 Å². The molecule has 11 nitrogen and oxygen atoms in total. The number of carbonyl (C=O) groups excluding carboxylic acids is 2. The molecule has 262 valence electrons. The molecule has 6 atom stereocenters. The monoisotopic (exact) mass is 691 g/mol. The van der Waals surface area contributed by atoms with E-state index < -0.39 is 50.3 Å².